The molecule has 1 amide bonds. The first-order valence-corrected chi connectivity index (χ1v) is 9.18. The van der Waals surface area contributed by atoms with Gasteiger partial charge in [-0.1, -0.05) is 18.2 Å². The first kappa shape index (κ1) is 19.9. The summed E-state index contributed by atoms with van der Waals surface area (Å²) in [6.45, 7) is 1.15. The Balaban J connectivity index is 1.62. The fourth-order valence-electron chi connectivity index (χ4n) is 3.70. The number of para-hydroxylation sites is 1. The van der Waals surface area contributed by atoms with Crippen LogP contribution >= 0.6 is 0 Å². The molecular formula is C20H18F3N5O2. The molecule has 1 fully saturated rings. The van der Waals surface area contributed by atoms with Gasteiger partial charge in [-0.3, -0.25) is 4.79 Å². The van der Waals surface area contributed by atoms with Crippen molar-refractivity contribution < 1.29 is 22.7 Å². The normalized spacial score (nSPS) is 19.0. The van der Waals surface area contributed by atoms with Gasteiger partial charge >= 0.3 is 6.36 Å². The Morgan fingerprint density at radius 2 is 1.97 bits per heavy atom. The maximum absolute atomic E-state index is 12.6. The number of alkyl halides is 3. The number of benzene rings is 2. The lowest BCUT2D eigenvalue weighted by Crippen LogP contribution is -2.28. The molecule has 3 aromatic rings. The molecule has 30 heavy (non-hydrogen) atoms. The molecule has 1 saturated heterocycles. The van der Waals surface area contributed by atoms with Crippen LogP contribution in [0, 0.1) is 0 Å². The van der Waals surface area contributed by atoms with E-state index in [1.807, 2.05) is 0 Å². The largest absolute Gasteiger partial charge is 0.573 e. The minimum absolute atomic E-state index is 0.119. The van der Waals surface area contributed by atoms with Gasteiger partial charge in [0.25, 0.3) is 5.91 Å². The first-order valence-electron chi connectivity index (χ1n) is 9.18. The molecule has 0 unspecified atom stereocenters. The lowest BCUT2D eigenvalue weighted by Gasteiger charge is -2.22. The molecule has 0 bridgehead atoms. The van der Waals surface area contributed by atoms with E-state index in [2.05, 4.69) is 25.3 Å². The summed E-state index contributed by atoms with van der Waals surface area (Å²) in [5, 5.41) is 7.21. The number of aromatic nitrogens is 2. The van der Waals surface area contributed by atoms with Crippen LogP contribution in [0.3, 0.4) is 0 Å². The number of hydrogen-bond acceptors (Lipinski definition) is 6. The molecule has 1 aromatic heterocycles. The summed E-state index contributed by atoms with van der Waals surface area (Å²) in [6.07, 6.45) is -3.41. The summed E-state index contributed by atoms with van der Waals surface area (Å²) in [4.78, 5) is 20.1. The second kappa shape index (κ2) is 7.79. The van der Waals surface area contributed by atoms with E-state index in [0.717, 1.165) is 0 Å². The van der Waals surface area contributed by atoms with Gasteiger partial charge in [0.2, 0.25) is 0 Å². The van der Waals surface area contributed by atoms with Gasteiger partial charge in [-0.2, -0.15) is 0 Å². The monoisotopic (exact) mass is 417 g/mol. The molecule has 0 radical (unpaired) electrons. The number of nitrogens with zero attached hydrogens (tertiary/aromatic N) is 2. The molecule has 156 valence electrons. The van der Waals surface area contributed by atoms with Crippen molar-refractivity contribution in [3.8, 4) is 5.75 Å². The SMILES string of the molecule is NC(=O)c1cccc2c(N[C@H]3CNC[C@@H]3c3cccc(OC(F)(F)F)c3)ncnc12. The third-order valence-corrected chi connectivity index (χ3v) is 4.99. The van der Waals surface area contributed by atoms with Gasteiger partial charge < -0.3 is 21.1 Å². The number of fused-ring (bicyclic) bond motifs is 1. The molecule has 2 aromatic carbocycles. The predicted octanol–water partition coefficient (Wildman–Crippen LogP) is 2.79. The highest BCUT2D eigenvalue weighted by molar-refractivity contribution is 6.06. The van der Waals surface area contributed by atoms with Gasteiger partial charge in [0.05, 0.1) is 11.1 Å². The molecule has 0 saturated carbocycles. The van der Waals surface area contributed by atoms with E-state index in [9.17, 15) is 18.0 Å². The zero-order valence-corrected chi connectivity index (χ0v) is 15.6. The zero-order valence-electron chi connectivity index (χ0n) is 15.6. The van der Waals surface area contributed by atoms with E-state index in [4.69, 9.17) is 5.73 Å². The standard InChI is InChI=1S/C20H18F3N5O2/c21-20(22,23)30-12-4-1-3-11(7-12)15-8-25-9-16(15)28-19-14-6-2-5-13(18(24)29)17(14)26-10-27-19/h1-7,10,15-16,25H,8-9H2,(H2,24,29)(H,26,27,28)/t15-,16+/m1/s1. The Kier molecular flexibility index (Phi) is 5.17. The highest BCUT2D eigenvalue weighted by atomic mass is 19.4. The van der Waals surface area contributed by atoms with E-state index in [1.54, 1.807) is 24.3 Å². The average molecular weight is 417 g/mol. The van der Waals surface area contributed by atoms with Crippen molar-refractivity contribution in [2.45, 2.75) is 18.3 Å². The summed E-state index contributed by atoms with van der Waals surface area (Å²) in [6, 6.07) is 10.9. The third-order valence-electron chi connectivity index (χ3n) is 4.99. The van der Waals surface area contributed by atoms with Crippen molar-refractivity contribution >= 4 is 22.6 Å². The zero-order chi connectivity index (χ0) is 21.3. The second-order valence-electron chi connectivity index (χ2n) is 6.92. The number of carbonyl (C=O) groups is 1. The number of halogens is 3. The fourth-order valence-corrected chi connectivity index (χ4v) is 3.70. The summed E-state index contributed by atoms with van der Waals surface area (Å²) in [7, 11) is 0. The lowest BCUT2D eigenvalue weighted by atomic mass is 9.94. The average Bonchev–Trinajstić information content (AvgIpc) is 3.15. The predicted molar refractivity (Wildman–Crippen MR) is 104 cm³/mol. The van der Waals surface area contributed by atoms with Crippen LogP contribution in [0.25, 0.3) is 10.9 Å². The smallest absolute Gasteiger partial charge is 0.406 e. The minimum atomic E-state index is -4.75. The van der Waals surface area contributed by atoms with E-state index in [-0.39, 0.29) is 23.3 Å². The second-order valence-corrected chi connectivity index (χ2v) is 6.92. The first-order chi connectivity index (χ1) is 14.3. The van der Waals surface area contributed by atoms with Gasteiger partial charge in [0, 0.05) is 30.4 Å². The maximum atomic E-state index is 12.6. The molecular weight excluding hydrogens is 399 g/mol. The van der Waals surface area contributed by atoms with Crippen LogP contribution in [0.15, 0.2) is 48.8 Å². The summed E-state index contributed by atoms with van der Waals surface area (Å²) >= 11 is 0. The van der Waals surface area contributed by atoms with Crippen LogP contribution in [-0.4, -0.2) is 41.4 Å². The fraction of sp³-hybridized carbons (Fsp3) is 0.250. The molecule has 0 aliphatic carbocycles. The highest BCUT2D eigenvalue weighted by Gasteiger charge is 2.33. The third kappa shape index (κ3) is 4.13. The number of amides is 1. The van der Waals surface area contributed by atoms with Gasteiger partial charge in [0.1, 0.15) is 17.9 Å². The topological polar surface area (TPSA) is 102 Å². The number of carbonyl (C=O) groups excluding carboxylic acids is 1. The van der Waals surface area contributed by atoms with E-state index in [0.29, 0.717) is 35.4 Å². The Bertz CT molecular complexity index is 1090. The van der Waals surface area contributed by atoms with Crippen molar-refractivity contribution in [3.05, 3.63) is 59.9 Å². The van der Waals surface area contributed by atoms with Crippen molar-refractivity contribution in [1.29, 1.82) is 0 Å². The molecule has 1 aliphatic heterocycles. The van der Waals surface area contributed by atoms with Gasteiger partial charge in [-0.25, -0.2) is 9.97 Å². The Hall–Kier alpha value is -3.40. The van der Waals surface area contributed by atoms with Crippen LogP contribution in [0.1, 0.15) is 21.8 Å². The quantitative estimate of drug-likeness (QED) is 0.590. The van der Waals surface area contributed by atoms with Crippen molar-refractivity contribution in [2.24, 2.45) is 5.73 Å². The Labute approximate surface area is 169 Å². The number of rotatable bonds is 5. The molecule has 4 rings (SSSR count). The van der Waals surface area contributed by atoms with Gasteiger partial charge in [0.15, 0.2) is 0 Å². The Morgan fingerprint density at radius 3 is 2.73 bits per heavy atom. The number of anilines is 1. The summed E-state index contributed by atoms with van der Waals surface area (Å²) < 4.78 is 41.7. The minimum Gasteiger partial charge on any atom is -0.406 e. The number of primary amides is 1. The van der Waals surface area contributed by atoms with Crippen molar-refractivity contribution in [1.82, 2.24) is 15.3 Å². The Morgan fingerprint density at radius 1 is 1.17 bits per heavy atom. The van der Waals surface area contributed by atoms with Gasteiger partial charge in [-0.05, 0) is 29.8 Å². The van der Waals surface area contributed by atoms with Crippen LogP contribution < -0.4 is 21.1 Å². The molecule has 2 atom stereocenters. The number of nitrogens with one attached hydrogen (secondary N) is 2. The molecule has 1 aliphatic rings. The summed E-state index contributed by atoms with van der Waals surface area (Å²) in [5.74, 6) is -0.452. The molecule has 4 N–H and O–H groups in total. The van der Waals surface area contributed by atoms with Crippen LogP contribution in [-0.2, 0) is 0 Å². The highest BCUT2D eigenvalue weighted by Crippen LogP contribution is 2.31. The van der Waals surface area contributed by atoms with Crippen molar-refractivity contribution in [2.75, 3.05) is 18.4 Å². The van der Waals surface area contributed by atoms with Crippen LogP contribution in [0.4, 0.5) is 19.0 Å². The number of hydrogen-bond donors (Lipinski definition) is 3. The van der Waals surface area contributed by atoms with Crippen LogP contribution in [0.5, 0.6) is 5.75 Å². The number of ether oxygens (including phenoxy) is 1. The molecule has 7 nitrogen and oxygen atoms in total. The van der Waals surface area contributed by atoms with Crippen molar-refractivity contribution in [3.63, 3.8) is 0 Å². The van der Waals surface area contributed by atoms with Crippen LogP contribution in [0.2, 0.25) is 0 Å². The van der Waals surface area contributed by atoms with E-state index >= 15 is 0 Å². The molecule has 10 heteroatoms. The van der Waals surface area contributed by atoms with E-state index < -0.39 is 12.3 Å². The molecule has 2 heterocycles. The lowest BCUT2D eigenvalue weighted by molar-refractivity contribution is -0.274. The van der Waals surface area contributed by atoms with E-state index in [1.165, 1.54) is 24.5 Å². The molecule has 0 spiro atoms. The number of nitrogens with two attached hydrogens (primary N) is 1. The maximum Gasteiger partial charge on any atom is 0.573 e. The summed E-state index contributed by atoms with van der Waals surface area (Å²) in [5.41, 5.74) is 6.86. The van der Waals surface area contributed by atoms with Gasteiger partial charge in [-0.15, -0.1) is 13.2 Å².